The zero-order valence-electron chi connectivity index (χ0n) is 11.8. The number of nitrogens with one attached hydrogen (secondary N) is 1. The molecule has 4 fully saturated rings. The van der Waals surface area contributed by atoms with E-state index in [-0.39, 0.29) is 6.35 Å². The van der Waals surface area contributed by atoms with Crippen LogP contribution < -0.4 is 5.32 Å². The molecule has 2 atom stereocenters. The Balaban J connectivity index is 1.59. The molecule has 1 N–H and O–H groups in total. The third-order valence-corrected chi connectivity index (χ3v) is 5.44. The van der Waals surface area contributed by atoms with Gasteiger partial charge in [-0.25, -0.2) is 4.98 Å². The van der Waals surface area contributed by atoms with Gasteiger partial charge in [-0.1, -0.05) is 23.2 Å². The first kappa shape index (κ1) is 14.0. The highest BCUT2D eigenvalue weighted by Crippen LogP contribution is 2.37. The number of pyridine rings is 1. The lowest BCUT2D eigenvalue weighted by atomic mass is 9.97. The van der Waals surface area contributed by atoms with Crippen LogP contribution in [0.2, 0.25) is 10.2 Å². The molecule has 0 aliphatic carbocycles. The van der Waals surface area contributed by atoms with Crippen LogP contribution in [0.4, 0.5) is 5.82 Å². The number of halogens is 2. The van der Waals surface area contributed by atoms with Crippen LogP contribution in [-0.4, -0.2) is 59.7 Å². The number of piperidine rings is 1. The smallest absolute Gasteiger partial charge is 0.277 e. The van der Waals surface area contributed by atoms with Crippen LogP contribution in [-0.2, 0) is 4.74 Å². The molecule has 0 radical (unpaired) electrons. The van der Waals surface area contributed by atoms with Crippen molar-refractivity contribution in [3.8, 4) is 0 Å². The van der Waals surface area contributed by atoms with Gasteiger partial charge in [0.25, 0.3) is 6.35 Å². The molecule has 1 spiro atoms. The van der Waals surface area contributed by atoms with Crippen LogP contribution in [0.15, 0.2) is 12.1 Å². The predicted octanol–water partition coefficient (Wildman–Crippen LogP) is 2.37. The molecule has 2 bridgehead atoms. The lowest BCUT2D eigenvalue weighted by Crippen LogP contribution is -2.71. The molecule has 4 aliphatic rings. The maximum absolute atomic E-state index is 6.06. The average molecular weight is 330 g/mol. The SMILES string of the molecule is Clc1cc(Cl)nc(NC2OCC[N@@+]23CN2CCC3CC2)c1. The number of quaternary nitrogens is 1. The number of hydrogen-bond donors (Lipinski definition) is 1. The summed E-state index contributed by atoms with van der Waals surface area (Å²) in [5, 5.41) is 4.40. The van der Waals surface area contributed by atoms with E-state index in [1.807, 2.05) is 0 Å². The summed E-state index contributed by atoms with van der Waals surface area (Å²) in [5.41, 5.74) is 0. The molecule has 5 nitrogen and oxygen atoms in total. The molecule has 7 heteroatoms. The van der Waals surface area contributed by atoms with Gasteiger partial charge < -0.3 is 4.74 Å². The Hall–Kier alpha value is -0.590. The van der Waals surface area contributed by atoms with E-state index in [9.17, 15) is 0 Å². The van der Waals surface area contributed by atoms with Crippen LogP contribution >= 0.6 is 23.2 Å². The fourth-order valence-electron chi connectivity index (χ4n) is 4.02. The van der Waals surface area contributed by atoms with Gasteiger partial charge in [-0.15, -0.1) is 0 Å². The highest BCUT2D eigenvalue weighted by atomic mass is 35.5. The van der Waals surface area contributed by atoms with Gasteiger partial charge in [0, 0.05) is 31.0 Å². The summed E-state index contributed by atoms with van der Waals surface area (Å²) < 4.78 is 6.97. The van der Waals surface area contributed by atoms with Crippen molar-refractivity contribution in [1.29, 1.82) is 0 Å². The molecule has 5 heterocycles. The summed E-state index contributed by atoms with van der Waals surface area (Å²) in [6.45, 7) is 5.36. The van der Waals surface area contributed by atoms with Crippen LogP contribution in [0.1, 0.15) is 12.8 Å². The number of aromatic nitrogens is 1. The first-order valence-electron chi connectivity index (χ1n) is 7.46. The molecule has 5 rings (SSSR count). The zero-order chi connectivity index (χ0) is 14.4. The third kappa shape index (κ3) is 2.41. The summed E-state index contributed by atoms with van der Waals surface area (Å²) in [5.74, 6) is 0.688. The van der Waals surface area contributed by atoms with Crippen LogP contribution in [0, 0.1) is 0 Å². The van der Waals surface area contributed by atoms with Gasteiger partial charge in [0.15, 0.2) is 0 Å². The number of nitrogens with zero attached hydrogens (tertiary/aromatic N) is 3. The van der Waals surface area contributed by atoms with Gasteiger partial charge in [-0.05, 0) is 12.1 Å². The highest BCUT2D eigenvalue weighted by molar-refractivity contribution is 6.34. The van der Waals surface area contributed by atoms with Crippen molar-refractivity contribution in [3.63, 3.8) is 0 Å². The second-order valence-corrected chi connectivity index (χ2v) is 7.00. The third-order valence-electron chi connectivity index (χ3n) is 5.03. The standard InChI is InChI=1S/C14H19Cl2N4O/c15-10-7-12(16)17-13(8-10)18-14-20(5-6-21-14)9-19-3-1-11(20)2-4-19/h7-8,11,14H,1-6,9H2,(H,17,18)/q+1/t14?,20-/m0/s1. The Morgan fingerprint density at radius 2 is 2.10 bits per heavy atom. The highest BCUT2D eigenvalue weighted by Gasteiger charge is 2.54. The van der Waals surface area contributed by atoms with Gasteiger partial charge in [0.1, 0.15) is 30.8 Å². The van der Waals surface area contributed by atoms with Crippen LogP contribution in [0.5, 0.6) is 0 Å². The first-order chi connectivity index (χ1) is 10.2. The second kappa shape index (κ2) is 5.25. The van der Waals surface area contributed by atoms with E-state index in [1.165, 1.54) is 25.9 Å². The minimum atomic E-state index is -0.0554. The van der Waals surface area contributed by atoms with Crippen molar-refractivity contribution in [2.45, 2.75) is 25.2 Å². The minimum Gasteiger partial charge on any atom is -0.305 e. The van der Waals surface area contributed by atoms with E-state index in [4.69, 9.17) is 27.9 Å². The fraction of sp³-hybridized carbons (Fsp3) is 0.643. The van der Waals surface area contributed by atoms with Crippen molar-refractivity contribution < 1.29 is 9.22 Å². The van der Waals surface area contributed by atoms with Gasteiger partial charge in [0.2, 0.25) is 0 Å². The van der Waals surface area contributed by atoms with Crippen LogP contribution in [0.25, 0.3) is 0 Å². The first-order valence-corrected chi connectivity index (χ1v) is 8.21. The lowest BCUT2D eigenvalue weighted by molar-refractivity contribution is -0.988. The number of fused-ring (bicyclic) bond motifs is 2. The molecule has 1 unspecified atom stereocenters. The van der Waals surface area contributed by atoms with E-state index in [1.54, 1.807) is 12.1 Å². The normalized spacial score (nSPS) is 38.1. The topological polar surface area (TPSA) is 37.4 Å². The van der Waals surface area contributed by atoms with Gasteiger partial charge in [0.05, 0.1) is 6.04 Å². The molecule has 1 aromatic heterocycles. The average Bonchev–Trinajstić information content (AvgIpc) is 2.81. The van der Waals surface area contributed by atoms with E-state index >= 15 is 0 Å². The number of anilines is 1. The van der Waals surface area contributed by atoms with Gasteiger partial charge in [-0.3, -0.25) is 14.7 Å². The summed E-state index contributed by atoms with van der Waals surface area (Å²) >= 11 is 12.0. The Kier molecular flexibility index (Phi) is 3.51. The molecule has 0 saturated carbocycles. The maximum Gasteiger partial charge on any atom is 0.277 e. The molecule has 114 valence electrons. The van der Waals surface area contributed by atoms with E-state index in [0.717, 1.165) is 24.3 Å². The fourth-order valence-corrected chi connectivity index (χ4v) is 4.49. The number of ether oxygens (including phenoxy) is 1. The Labute approximate surface area is 134 Å². The molecule has 0 aromatic carbocycles. The second-order valence-electron chi connectivity index (χ2n) is 6.18. The molecule has 1 aromatic rings. The van der Waals surface area contributed by atoms with Gasteiger partial charge >= 0.3 is 0 Å². The zero-order valence-corrected chi connectivity index (χ0v) is 13.3. The molecule has 21 heavy (non-hydrogen) atoms. The monoisotopic (exact) mass is 329 g/mol. The number of hydrogen-bond acceptors (Lipinski definition) is 4. The van der Waals surface area contributed by atoms with Crippen molar-refractivity contribution >= 4 is 29.0 Å². The van der Waals surface area contributed by atoms with Crippen LogP contribution in [0.3, 0.4) is 0 Å². The van der Waals surface area contributed by atoms with Gasteiger partial charge in [-0.2, -0.15) is 0 Å². The summed E-state index contributed by atoms with van der Waals surface area (Å²) in [4.78, 5) is 6.85. The molecular formula is C14H19Cl2N4O+. The van der Waals surface area contributed by atoms with E-state index in [0.29, 0.717) is 22.0 Å². The number of rotatable bonds is 2. The lowest BCUT2D eigenvalue weighted by Gasteiger charge is -2.54. The van der Waals surface area contributed by atoms with E-state index in [2.05, 4.69) is 15.2 Å². The van der Waals surface area contributed by atoms with Crippen molar-refractivity contribution in [1.82, 2.24) is 9.88 Å². The molecule has 0 amide bonds. The summed E-state index contributed by atoms with van der Waals surface area (Å²) in [6, 6.07) is 4.13. The maximum atomic E-state index is 6.06. The quantitative estimate of drug-likeness (QED) is 0.667. The summed E-state index contributed by atoms with van der Waals surface area (Å²) in [7, 11) is 0. The summed E-state index contributed by atoms with van der Waals surface area (Å²) in [6.07, 6.45) is 2.46. The Bertz CT molecular complexity index is 530. The molecular weight excluding hydrogens is 311 g/mol. The minimum absolute atomic E-state index is 0.0554. The molecule has 4 saturated heterocycles. The Morgan fingerprint density at radius 1 is 1.29 bits per heavy atom. The Morgan fingerprint density at radius 3 is 2.76 bits per heavy atom. The molecule has 4 aliphatic heterocycles. The largest absolute Gasteiger partial charge is 0.305 e. The predicted molar refractivity (Wildman–Crippen MR) is 82.2 cm³/mol. The van der Waals surface area contributed by atoms with Crippen molar-refractivity contribution in [3.05, 3.63) is 22.3 Å². The van der Waals surface area contributed by atoms with Crippen molar-refractivity contribution in [2.75, 3.05) is 38.2 Å². The van der Waals surface area contributed by atoms with Crippen molar-refractivity contribution in [2.24, 2.45) is 0 Å². The van der Waals surface area contributed by atoms with E-state index < -0.39 is 0 Å².